The number of carbonyl (C=O) groups is 4. The minimum Gasteiger partial charge on any atom is -0.473 e. The quantitative estimate of drug-likeness (QED) is 0.469. The van der Waals surface area contributed by atoms with Crippen molar-refractivity contribution in [2.24, 2.45) is 5.92 Å². The van der Waals surface area contributed by atoms with Crippen LogP contribution in [0.2, 0.25) is 0 Å². The number of benzene rings is 1. The van der Waals surface area contributed by atoms with Gasteiger partial charge in [0.15, 0.2) is 0 Å². The Morgan fingerprint density at radius 2 is 1.55 bits per heavy atom. The molecule has 208 valence electrons. The molecule has 0 spiro atoms. The van der Waals surface area contributed by atoms with Crippen LogP contribution >= 0.6 is 0 Å². The number of hydrogen-bond donors (Lipinski definition) is 3. The molecule has 3 N–H and O–H groups in total. The van der Waals surface area contributed by atoms with E-state index < -0.39 is 11.9 Å². The van der Waals surface area contributed by atoms with E-state index in [2.05, 4.69) is 10.2 Å². The lowest BCUT2D eigenvalue weighted by Gasteiger charge is -2.34. The van der Waals surface area contributed by atoms with E-state index in [1.807, 2.05) is 36.9 Å². The van der Waals surface area contributed by atoms with Crippen molar-refractivity contribution in [1.82, 2.24) is 24.3 Å². The van der Waals surface area contributed by atoms with E-state index >= 15 is 0 Å². The van der Waals surface area contributed by atoms with Gasteiger partial charge in [0.25, 0.3) is 0 Å². The van der Waals surface area contributed by atoms with Crippen LogP contribution in [-0.4, -0.2) is 106 Å². The maximum Gasteiger partial charge on any atom is 0.414 e. The molecule has 0 aliphatic carbocycles. The van der Waals surface area contributed by atoms with Crippen LogP contribution in [0.4, 0.5) is 4.79 Å². The lowest BCUT2D eigenvalue weighted by Crippen LogP contribution is -2.48. The van der Waals surface area contributed by atoms with Crippen molar-refractivity contribution in [3.05, 3.63) is 34.7 Å². The molecule has 0 saturated carbocycles. The maximum atomic E-state index is 12.9. The maximum absolute atomic E-state index is 12.9. The Hall–Kier alpha value is -3.71. The summed E-state index contributed by atoms with van der Waals surface area (Å²) in [5.41, 5.74) is 1.08. The molecule has 0 unspecified atom stereocenters. The molecule has 2 aliphatic rings. The van der Waals surface area contributed by atoms with Crippen molar-refractivity contribution < 1.29 is 34.1 Å². The van der Waals surface area contributed by atoms with Gasteiger partial charge >= 0.3 is 23.7 Å². The van der Waals surface area contributed by atoms with Gasteiger partial charge in [-0.3, -0.25) is 14.3 Å². The van der Waals surface area contributed by atoms with E-state index in [-0.39, 0.29) is 23.7 Å². The number of carbonyl (C=O) groups excluding carboxylic acids is 2. The summed E-state index contributed by atoms with van der Waals surface area (Å²) < 4.78 is 8.20. The largest absolute Gasteiger partial charge is 0.473 e. The van der Waals surface area contributed by atoms with Gasteiger partial charge in [0.05, 0.1) is 30.8 Å². The minimum atomic E-state index is -1.82. The number of piperidine rings is 1. The highest BCUT2D eigenvalue weighted by Crippen LogP contribution is 2.18. The minimum absolute atomic E-state index is 0.0362. The van der Waals surface area contributed by atoms with E-state index in [4.69, 9.17) is 24.5 Å². The number of ether oxygens (including phenoxy) is 1. The molecule has 13 heteroatoms. The van der Waals surface area contributed by atoms with Gasteiger partial charge < -0.3 is 25.2 Å². The van der Waals surface area contributed by atoms with E-state index in [1.54, 1.807) is 10.6 Å². The van der Waals surface area contributed by atoms with Crippen LogP contribution in [0.25, 0.3) is 11.0 Å². The Kier molecular flexibility index (Phi) is 10.0. The fourth-order valence-corrected chi connectivity index (χ4v) is 4.63. The van der Waals surface area contributed by atoms with Crippen LogP contribution in [0.15, 0.2) is 29.1 Å². The van der Waals surface area contributed by atoms with Crippen LogP contribution in [-0.2, 0) is 19.1 Å². The van der Waals surface area contributed by atoms with Crippen LogP contribution < -0.4 is 11.0 Å². The average Bonchev–Trinajstić information content (AvgIpc) is 3.20. The summed E-state index contributed by atoms with van der Waals surface area (Å²) in [4.78, 5) is 60.5. The molecule has 2 saturated heterocycles. The first-order chi connectivity index (χ1) is 18.1. The number of nitrogens with zero attached hydrogens (tertiary/aromatic N) is 4. The van der Waals surface area contributed by atoms with Crippen molar-refractivity contribution in [2.75, 3.05) is 52.5 Å². The normalized spacial score (nSPS) is 16.7. The van der Waals surface area contributed by atoms with Gasteiger partial charge in [0, 0.05) is 25.7 Å². The molecule has 2 aliphatic heterocycles. The van der Waals surface area contributed by atoms with Gasteiger partial charge in [0.2, 0.25) is 5.91 Å². The topological polar surface area (TPSA) is 163 Å². The summed E-state index contributed by atoms with van der Waals surface area (Å²) in [6, 6.07) is 6.97. The number of aliphatic carboxylic acids is 2. The molecule has 2 aromatic rings. The van der Waals surface area contributed by atoms with Gasteiger partial charge in [-0.05, 0) is 57.8 Å². The Morgan fingerprint density at radius 3 is 2.11 bits per heavy atom. The summed E-state index contributed by atoms with van der Waals surface area (Å²) >= 11 is 0. The van der Waals surface area contributed by atoms with Gasteiger partial charge in [-0.1, -0.05) is 12.1 Å². The van der Waals surface area contributed by atoms with Crippen molar-refractivity contribution in [3.8, 4) is 0 Å². The Balaban J connectivity index is 0.000000599. The van der Waals surface area contributed by atoms with Crippen LogP contribution in [0, 0.1) is 5.92 Å². The van der Waals surface area contributed by atoms with Crippen molar-refractivity contribution in [1.29, 1.82) is 0 Å². The molecule has 1 aromatic carbocycles. The zero-order valence-electron chi connectivity index (χ0n) is 21.7. The van der Waals surface area contributed by atoms with Crippen molar-refractivity contribution in [3.63, 3.8) is 0 Å². The first-order valence-corrected chi connectivity index (χ1v) is 12.6. The Morgan fingerprint density at radius 1 is 0.974 bits per heavy atom. The SMILES string of the molecule is CC(C)n1c(=O)n(C(=O)NCC2CCN(CC(=O)N3CCOCC3)CC2)c2ccccc21.O=C(O)C(=O)O. The molecule has 3 heterocycles. The van der Waals surface area contributed by atoms with Crippen LogP contribution in [0.1, 0.15) is 32.7 Å². The second-order valence-corrected chi connectivity index (χ2v) is 9.58. The predicted octanol–water partition coefficient (Wildman–Crippen LogP) is 0.668. The summed E-state index contributed by atoms with van der Waals surface area (Å²) in [7, 11) is 0. The number of nitrogens with one attached hydrogen (secondary N) is 1. The first-order valence-electron chi connectivity index (χ1n) is 12.6. The molecule has 0 atom stereocenters. The molecule has 4 rings (SSSR count). The molecular formula is C25H35N5O8. The Bertz CT molecular complexity index is 1190. The molecule has 38 heavy (non-hydrogen) atoms. The van der Waals surface area contributed by atoms with Crippen LogP contribution in [0.3, 0.4) is 0 Å². The summed E-state index contributed by atoms with van der Waals surface area (Å²) in [6.45, 7) is 9.11. The molecule has 1 aromatic heterocycles. The Labute approximate surface area is 219 Å². The molecule has 13 nitrogen and oxygen atoms in total. The van der Waals surface area contributed by atoms with E-state index in [1.165, 1.54) is 4.57 Å². The van der Waals surface area contributed by atoms with Gasteiger partial charge in [0.1, 0.15) is 0 Å². The number of amides is 2. The molecule has 0 radical (unpaired) electrons. The number of fused-ring (bicyclic) bond motifs is 1. The zero-order chi connectivity index (χ0) is 27.8. The van der Waals surface area contributed by atoms with Crippen molar-refractivity contribution in [2.45, 2.75) is 32.7 Å². The second kappa shape index (κ2) is 13.2. The van der Waals surface area contributed by atoms with E-state index in [0.717, 1.165) is 31.4 Å². The number of morpholine rings is 1. The van der Waals surface area contributed by atoms with Gasteiger partial charge in [-0.15, -0.1) is 0 Å². The molecule has 2 fully saturated rings. The lowest BCUT2D eigenvalue weighted by atomic mass is 9.97. The van der Waals surface area contributed by atoms with E-state index in [9.17, 15) is 14.4 Å². The molecule has 0 bridgehead atoms. The van der Waals surface area contributed by atoms with Crippen molar-refractivity contribution >= 4 is 34.9 Å². The number of hydrogen-bond acceptors (Lipinski definition) is 7. The second-order valence-electron chi connectivity index (χ2n) is 9.58. The monoisotopic (exact) mass is 533 g/mol. The summed E-state index contributed by atoms with van der Waals surface area (Å²) in [5.74, 6) is -3.14. The highest BCUT2D eigenvalue weighted by molar-refractivity contribution is 6.27. The predicted molar refractivity (Wildman–Crippen MR) is 137 cm³/mol. The fraction of sp³-hybridized carbons (Fsp3) is 0.560. The number of imidazole rings is 1. The van der Waals surface area contributed by atoms with E-state index in [0.29, 0.717) is 50.8 Å². The molecular weight excluding hydrogens is 498 g/mol. The standard InChI is InChI=1S/C23H33N5O4.C2H2O4/c1-17(2)27-19-5-3-4-6-20(19)28(23(27)31)22(30)24-15-18-7-9-25(10-8-18)16-21(29)26-11-13-32-14-12-26;3-1(4)2(5)6/h3-6,17-18H,7-16H2,1-2H3,(H,24,30);(H,3,4)(H,5,6). The van der Waals surface area contributed by atoms with Gasteiger partial charge in [-0.25, -0.2) is 23.7 Å². The highest BCUT2D eigenvalue weighted by Gasteiger charge is 2.25. The van der Waals surface area contributed by atoms with Gasteiger partial charge in [-0.2, -0.15) is 0 Å². The number of carboxylic acids is 2. The fourth-order valence-electron chi connectivity index (χ4n) is 4.63. The zero-order valence-corrected chi connectivity index (χ0v) is 21.7. The number of rotatable bonds is 5. The lowest BCUT2D eigenvalue weighted by molar-refractivity contribution is -0.159. The number of likely N-dealkylation sites (tertiary alicyclic amines) is 1. The number of aromatic nitrogens is 2. The number of carboxylic acid groups (broad SMARTS) is 2. The third kappa shape index (κ3) is 7.19. The summed E-state index contributed by atoms with van der Waals surface area (Å²) in [5, 5.41) is 17.7. The third-order valence-electron chi connectivity index (χ3n) is 6.65. The number of para-hydroxylation sites is 2. The smallest absolute Gasteiger partial charge is 0.414 e. The molecule has 2 amide bonds. The summed E-state index contributed by atoms with van der Waals surface area (Å²) in [6.07, 6.45) is 1.83. The van der Waals surface area contributed by atoms with Crippen LogP contribution in [0.5, 0.6) is 0 Å². The third-order valence-corrected chi connectivity index (χ3v) is 6.65. The average molecular weight is 534 g/mol. The first kappa shape index (κ1) is 28.9. The highest BCUT2D eigenvalue weighted by atomic mass is 16.5.